The van der Waals surface area contributed by atoms with Gasteiger partial charge in [-0.25, -0.2) is 0 Å². The van der Waals surface area contributed by atoms with Crippen LogP contribution in [-0.4, -0.2) is 27.4 Å². The largest absolute Gasteiger partial charge is 0.496 e. The maximum atomic E-state index is 5.63. The van der Waals surface area contributed by atoms with E-state index >= 15 is 0 Å². The molecule has 0 aliphatic heterocycles. The van der Waals surface area contributed by atoms with Gasteiger partial charge in [0.1, 0.15) is 11.9 Å². The van der Waals surface area contributed by atoms with Crippen molar-refractivity contribution in [3.05, 3.63) is 28.8 Å². The van der Waals surface area contributed by atoms with Gasteiger partial charge in [0.05, 0.1) is 13.2 Å². The van der Waals surface area contributed by atoms with Crippen LogP contribution in [0.3, 0.4) is 0 Å². The molecule has 0 radical (unpaired) electrons. The molecule has 0 spiro atoms. The summed E-state index contributed by atoms with van der Waals surface area (Å²) in [5.74, 6) is 1.41. The van der Waals surface area contributed by atoms with Crippen LogP contribution in [0, 0.1) is 6.92 Å². The quantitative estimate of drug-likeness (QED) is 0.824. The van der Waals surface area contributed by atoms with Gasteiger partial charge in [-0.3, -0.25) is 0 Å². The van der Waals surface area contributed by atoms with Crippen molar-refractivity contribution in [2.45, 2.75) is 38.4 Å². The van der Waals surface area contributed by atoms with Gasteiger partial charge in [0.25, 0.3) is 0 Å². The Morgan fingerprint density at radius 1 is 1.06 bits per heavy atom. The molecule has 0 heterocycles. The highest BCUT2D eigenvalue weighted by molar-refractivity contribution is 5.46. The van der Waals surface area contributed by atoms with E-state index in [9.17, 15) is 0 Å². The summed E-state index contributed by atoms with van der Waals surface area (Å²) in [7, 11) is 5.22. The van der Waals surface area contributed by atoms with Crippen LogP contribution < -0.4 is 4.74 Å². The van der Waals surface area contributed by atoms with Gasteiger partial charge in [-0.1, -0.05) is 6.92 Å². The molecule has 0 amide bonds. The Hall–Kier alpha value is -1.06. The number of rotatable bonds is 3. The minimum atomic E-state index is 0.0193. The summed E-state index contributed by atoms with van der Waals surface area (Å²) in [5, 5.41) is 0. The summed E-state index contributed by atoms with van der Waals surface area (Å²) >= 11 is 0. The maximum absolute atomic E-state index is 5.63. The predicted octanol–water partition coefficient (Wildman–Crippen LogP) is 3.21. The molecule has 1 aromatic rings. The number of ether oxygens (including phenoxy) is 3. The summed E-state index contributed by atoms with van der Waals surface area (Å²) in [4.78, 5) is 0. The predicted molar refractivity (Wildman–Crippen MR) is 71.3 cm³/mol. The van der Waals surface area contributed by atoms with E-state index in [1.165, 1.54) is 11.1 Å². The SMILES string of the molecule is COc1cc2c(cc1C)C(OC)C(OC)C[C@@H]2C. The topological polar surface area (TPSA) is 27.7 Å². The summed E-state index contributed by atoms with van der Waals surface area (Å²) in [5.41, 5.74) is 3.70. The Morgan fingerprint density at radius 2 is 1.78 bits per heavy atom. The minimum absolute atomic E-state index is 0.0193. The van der Waals surface area contributed by atoms with Crippen molar-refractivity contribution < 1.29 is 14.2 Å². The monoisotopic (exact) mass is 250 g/mol. The molecule has 0 bridgehead atoms. The molecule has 100 valence electrons. The highest BCUT2D eigenvalue weighted by Gasteiger charge is 2.34. The molecule has 18 heavy (non-hydrogen) atoms. The van der Waals surface area contributed by atoms with Crippen molar-refractivity contribution in [2.75, 3.05) is 21.3 Å². The number of hydrogen-bond donors (Lipinski definition) is 0. The average molecular weight is 250 g/mol. The van der Waals surface area contributed by atoms with E-state index in [1.54, 1.807) is 21.3 Å². The first-order valence-electron chi connectivity index (χ1n) is 6.36. The van der Waals surface area contributed by atoms with Gasteiger partial charge in [0.15, 0.2) is 0 Å². The lowest BCUT2D eigenvalue weighted by molar-refractivity contribution is -0.0508. The summed E-state index contributed by atoms with van der Waals surface area (Å²) in [6.07, 6.45) is 1.13. The Morgan fingerprint density at radius 3 is 2.33 bits per heavy atom. The van der Waals surface area contributed by atoms with Crippen LogP contribution >= 0.6 is 0 Å². The zero-order valence-corrected chi connectivity index (χ0v) is 11.8. The van der Waals surface area contributed by atoms with E-state index in [1.807, 2.05) is 0 Å². The van der Waals surface area contributed by atoms with Crippen LogP contribution in [0.15, 0.2) is 12.1 Å². The molecule has 2 unspecified atom stereocenters. The standard InChI is InChI=1S/C15H22O3/c1-9-7-14(17-4)15(18-5)12-6-10(2)13(16-3)8-11(9)12/h6,8-9,14-15H,7H2,1-5H3/t9-,14?,15?/m0/s1. The fourth-order valence-electron chi connectivity index (χ4n) is 2.92. The van der Waals surface area contributed by atoms with Crippen LogP contribution in [-0.2, 0) is 9.47 Å². The number of methoxy groups -OCH3 is 3. The van der Waals surface area contributed by atoms with E-state index in [-0.39, 0.29) is 12.2 Å². The molecule has 0 aromatic heterocycles. The normalized spacial score (nSPS) is 26.8. The molecule has 0 N–H and O–H groups in total. The van der Waals surface area contributed by atoms with Crippen LogP contribution in [0.1, 0.15) is 42.1 Å². The Balaban J connectivity index is 2.51. The van der Waals surface area contributed by atoms with E-state index in [2.05, 4.69) is 26.0 Å². The fourth-order valence-corrected chi connectivity index (χ4v) is 2.92. The Bertz CT molecular complexity index is 428. The van der Waals surface area contributed by atoms with Crippen LogP contribution in [0.5, 0.6) is 5.75 Å². The molecule has 0 saturated heterocycles. The van der Waals surface area contributed by atoms with Gasteiger partial charge in [-0.05, 0) is 48.1 Å². The molecule has 3 heteroatoms. The second kappa shape index (κ2) is 5.29. The van der Waals surface area contributed by atoms with E-state index in [0.717, 1.165) is 17.7 Å². The zero-order valence-electron chi connectivity index (χ0n) is 11.8. The van der Waals surface area contributed by atoms with Crippen molar-refractivity contribution in [2.24, 2.45) is 0 Å². The van der Waals surface area contributed by atoms with Crippen molar-refractivity contribution in [1.29, 1.82) is 0 Å². The van der Waals surface area contributed by atoms with E-state index in [0.29, 0.717) is 5.92 Å². The second-order valence-corrected chi connectivity index (χ2v) is 5.02. The fraction of sp³-hybridized carbons (Fsp3) is 0.600. The summed E-state index contributed by atoms with van der Waals surface area (Å²) in [6, 6.07) is 4.32. The highest BCUT2D eigenvalue weighted by Crippen LogP contribution is 2.42. The van der Waals surface area contributed by atoms with Crippen molar-refractivity contribution >= 4 is 0 Å². The lowest BCUT2D eigenvalue weighted by Gasteiger charge is -2.35. The average Bonchev–Trinajstić information content (AvgIpc) is 2.37. The van der Waals surface area contributed by atoms with Gasteiger partial charge >= 0.3 is 0 Å². The van der Waals surface area contributed by atoms with Gasteiger partial charge in [0.2, 0.25) is 0 Å². The van der Waals surface area contributed by atoms with Crippen LogP contribution in [0.2, 0.25) is 0 Å². The molecule has 1 aromatic carbocycles. The first-order chi connectivity index (χ1) is 8.62. The van der Waals surface area contributed by atoms with E-state index in [4.69, 9.17) is 14.2 Å². The molecule has 2 rings (SSSR count). The lowest BCUT2D eigenvalue weighted by atomic mass is 9.79. The molecule has 1 aliphatic carbocycles. The van der Waals surface area contributed by atoms with Crippen LogP contribution in [0.25, 0.3) is 0 Å². The third kappa shape index (κ3) is 2.13. The molecular formula is C15H22O3. The number of aryl methyl sites for hydroxylation is 1. The van der Waals surface area contributed by atoms with Crippen LogP contribution in [0.4, 0.5) is 0 Å². The van der Waals surface area contributed by atoms with Crippen molar-refractivity contribution in [3.8, 4) is 5.75 Å². The summed E-state index contributed by atoms with van der Waals surface area (Å²) < 4.78 is 16.6. The number of hydrogen-bond acceptors (Lipinski definition) is 3. The van der Waals surface area contributed by atoms with Crippen molar-refractivity contribution in [3.63, 3.8) is 0 Å². The molecular weight excluding hydrogens is 228 g/mol. The van der Waals surface area contributed by atoms with Gasteiger partial charge < -0.3 is 14.2 Å². The highest BCUT2D eigenvalue weighted by atomic mass is 16.5. The third-order valence-corrected chi connectivity index (χ3v) is 3.92. The molecule has 3 atom stereocenters. The first-order valence-corrected chi connectivity index (χ1v) is 6.36. The second-order valence-electron chi connectivity index (χ2n) is 5.02. The maximum Gasteiger partial charge on any atom is 0.122 e. The Kier molecular flexibility index (Phi) is 3.93. The molecule has 3 nitrogen and oxygen atoms in total. The number of fused-ring (bicyclic) bond motifs is 1. The minimum Gasteiger partial charge on any atom is -0.496 e. The molecule has 1 aliphatic rings. The van der Waals surface area contributed by atoms with E-state index < -0.39 is 0 Å². The van der Waals surface area contributed by atoms with Gasteiger partial charge in [0, 0.05) is 14.2 Å². The smallest absolute Gasteiger partial charge is 0.122 e. The van der Waals surface area contributed by atoms with Crippen molar-refractivity contribution in [1.82, 2.24) is 0 Å². The third-order valence-electron chi connectivity index (χ3n) is 3.92. The molecule has 0 saturated carbocycles. The Labute approximate surface area is 109 Å². The lowest BCUT2D eigenvalue weighted by Crippen LogP contribution is -2.30. The zero-order chi connectivity index (χ0) is 13.3. The van der Waals surface area contributed by atoms with Gasteiger partial charge in [-0.2, -0.15) is 0 Å². The molecule has 0 fully saturated rings. The first kappa shape index (κ1) is 13.4. The van der Waals surface area contributed by atoms with Gasteiger partial charge in [-0.15, -0.1) is 0 Å². The summed E-state index contributed by atoms with van der Waals surface area (Å²) in [6.45, 7) is 4.29. The number of benzene rings is 1.